The normalized spacial score (nSPS) is 12.4. The summed E-state index contributed by atoms with van der Waals surface area (Å²) in [5.41, 5.74) is 11.5. The van der Waals surface area contributed by atoms with E-state index < -0.39 is 0 Å². The van der Waals surface area contributed by atoms with Gasteiger partial charge in [-0.05, 0) is 28.4 Å². The molecule has 44 heavy (non-hydrogen) atoms. The number of hydrogen-bond acceptors (Lipinski definition) is 0. The van der Waals surface area contributed by atoms with Crippen molar-refractivity contribution < 1.29 is 58.2 Å². The second-order valence-corrected chi connectivity index (χ2v) is 15.0. The van der Waals surface area contributed by atoms with E-state index in [-0.39, 0.29) is 44.8 Å². The molecule has 0 spiro atoms. The average molecular weight is 788 g/mol. The van der Waals surface area contributed by atoms with Gasteiger partial charge in [-0.2, -0.15) is 29.8 Å². The van der Waals surface area contributed by atoms with Gasteiger partial charge in [-0.1, -0.05) is 65.3 Å². The molecule has 4 aromatic carbocycles. The molecule has 6 rings (SSSR count). The number of fused-ring (bicyclic) bond motifs is 3. The van der Waals surface area contributed by atoms with Crippen molar-refractivity contribution in [1.29, 1.82) is 0 Å². The molecule has 0 N–H and O–H groups in total. The predicted octanol–water partition coefficient (Wildman–Crippen LogP) is 4.16. The van der Waals surface area contributed by atoms with Gasteiger partial charge in [0.25, 0.3) is 0 Å². The Bertz CT molecular complexity index is 1420. The van der Waals surface area contributed by atoms with Gasteiger partial charge in [0.05, 0.1) is 0 Å². The Balaban J connectivity index is 0.000000260. The molecule has 0 atom stereocenters. The van der Waals surface area contributed by atoms with E-state index in [0.29, 0.717) is 0 Å². The van der Waals surface area contributed by atoms with Gasteiger partial charge in [0.15, 0.2) is 0 Å². The van der Waals surface area contributed by atoms with Gasteiger partial charge in [-0.25, -0.2) is 12.2 Å². The Kier molecular flexibility index (Phi) is 15.4. The van der Waals surface area contributed by atoms with Gasteiger partial charge in [0, 0.05) is 0 Å². The standard InChI is InChI=1S/C21H25.C15H14.C5H5.2BrH.Zr/c1-20(2,3)16-7-9-18-14(12-16)11-15-13-17(21(4,5)6)8-10-19(15)18;1-3-8-14(9-4-1)12-7-13-15-10-5-2-6-11-15;1-2-4-5-3-1;;;/h7-10,12H,11H2,1-6H3;1-6,8-11H,12-13H2;1-3H,4H2;2*1H;/q-1;;-1;;;+2/p-2. The van der Waals surface area contributed by atoms with Gasteiger partial charge >= 0.3 is 112 Å². The molecule has 0 amide bonds. The topological polar surface area (TPSA) is 0 Å². The first-order chi connectivity index (χ1) is 20.0. The summed E-state index contributed by atoms with van der Waals surface area (Å²) in [5.74, 6) is 0. The molecule has 0 unspecified atom stereocenters. The molecule has 0 nitrogen and oxygen atoms in total. The number of hydrogen-bond donors (Lipinski definition) is 0. The molecule has 2 aliphatic carbocycles. The van der Waals surface area contributed by atoms with Crippen molar-refractivity contribution in [2.75, 3.05) is 0 Å². The van der Waals surface area contributed by atoms with Gasteiger partial charge in [0.2, 0.25) is 0 Å². The third-order valence-electron chi connectivity index (χ3n) is 7.57. The van der Waals surface area contributed by atoms with E-state index in [9.17, 15) is 0 Å². The van der Waals surface area contributed by atoms with Gasteiger partial charge in [0.1, 0.15) is 0 Å². The second-order valence-electron chi connectivity index (χ2n) is 13.2. The number of benzene rings is 4. The molecule has 0 bridgehead atoms. The fraction of sp³-hybridized carbons (Fsp3) is 0.293. The van der Waals surface area contributed by atoms with Crippen LogP contribution in [-0.2, 0) is 54.3 Å². The van der Waals surface area contributed by atoms with E-state index in [2.05, 4.69) is 151 Å². The minimum absolute atomic E-state index is 0. The van der Waals surface area contributed by atoms with Crippen LogP contribution < -0.4 is 34.0 Å². The Morgan fingerprint density at radius 1 is 0.705 bits per heavy atom. The summed E-state index contributed by atoms with van der Waals surface area (Å²) in [5, 5.41) is 0. The molecule has 3 heteroatoms. The van der Waals surface area contributed by atoms with Crippen molar-refractivity contribution in [1.82, 2.24) is 0 Å². The minimum atomic E-state index is 0. The monoisotopic (exact) mass is 784 g/mol. The summed E-state index contributed by atoms with van der Waals surface area (Å²) in [6.45, 7) is 13.6. The second kappa shape index (κ2) is 17.7. The molecule has 228 valence electrons. The molecule has 0 saturated carbocycles. The van der Waals surface area contributed by atoms with Crippen molar-refractivity contribution in [2.24, 2.45) is 0 Å². The molecular formula is C41H44Br2Zr-2. The number of allylic oxidation sites excluding steroid dienone is 4. The first kappa shape index (κ1) is 38.3. The average Bonchev–Trinajstić information content (AvgIpc) is 3.65. The fourth-order valence-electron chi connectivity index (χ4n) is 5.11. The van der Waals surface area contributed by atoms with Crippen LogP contribution in [0.2, 0.25) is 0 Å². The summed E-state index contributed by atoms with van der Waals surface area (Å²) >= 11 is 1.55. The predicted molar refractivity (Wildman–Crippen MR) is 178 cm³/mol. The van der Waals surface area contributed by atoms with E-state index in [1.54, 1.807) is 27.4 Å². The molecule has 0 fully saturated rings. The molecule has 0 aromatic heterocycles. The van der Waals surface area contributed by atoms with Crippen LogP contribution in [0, 0.1) is 12.1 Å². The third-order valence-corrected chi connectivity index (χ3v) is 8.44. The summed E-state index contributed by atoms with van der Waals surface area (Å²) in [6, 6.07) is 36.6. The molecule has 0 radical (unpaired) electrons. The van der Waals surface area contributed by atoms with Crippen molar-refractivity contribution in [3.8, 4) is 11.1 Å². The van der Waals surface area contributed by atoms with Crippen molar-refractivity contribution in [2.45, 2.75) is 78.1 Å². The molecule has 0 aliphatic heterocycles. The first-order valence-corrected chi connectivity index (χ1v) is 16.3. The molecule has 0 heterocycles. The zero-order valence-corrected chi connectivity index (χ0v) is 32.6. The zero-order chi connectivity index (χ0) is 30.2. The number of rotatable bonds is 4. The molecule has 2 aliphatic rings. The summed E-state index contributed by atoms with van der Waals surface area (Å²) < 4.78 is 1.60. The van der Waals surface area contributed by atoms with Crippen LogP contribution in [-0.4, -0.2) is 3.21 Å². The Morgan fingerprint density at radius 3 is 1.73 bits per heavy atom. The molecule has 0 saturated heterocycles. The maximum atomic E-state index is 3.67. The summed E-state index contributed by atoms with van der Waals surface area (Å²) in [7, 11) is 0. The maximum absolute atomic E-state index is 3.67. The Hall–Kier alpha value is -1.93. The van der Waals surface area contributed by atoms with E-state index in [1.165, 1.54) is 44.5 Å². The van der Waals surface area contributed by atoms with E-state index in [4.69, 9.17) is 0 Å². The Morgan fingerprint density at radius 2 is 1.27 bits per heavy atom. The molecule has 4 aromatic rings. The van der Waals surface area contributed by atoms with Crippen LogP contribution in [0.15, 0.2) is 109 Å². The van der Waals surface area contributed by atoms with Crippen molar-refractivity contribution in [3.63, 3.8) is 0 Å². The molecular weight excluding hydrogens is 743 g/mol. The third kappa shape index (κ3) is 11.5. The SMILES string of the molecule is CC(C)(C)c1[c-]c2c(cc1)-c1ccc(C(C)(C)C)cc1C2.[Br-].[Br-].[C-]1=CC=CC1.[Zr+2]=[C](Cc1ccccc1)Cc1ccccc1. The van der Waals surface area contributed by atoms with Gasteiger partial charge in [-0.15, -0.1) is 17.5 Å². The number of halogens is 2. The van der Waals surface area contributed by atoms with Crippen LogP contribution in [0.3, 0.4) is 0 Å². The van der Waals surface area contributed by atoms with Crippen molar-refractivity contribution in [3.05, 3.63) is 155 Å². The van der Waals surface area contributed by atoms with Crippen LogP contribution in [0.5, 0.6) is 0 Å². The first-order valence-electron chi connectivity index (χ1n) is 15.1. The summed E-state index contributed by atoms with van der Waals surface area (Å²) in [6.07, 6.45) is 13.3. The quantitative estimate of drug-likeness (QED) is 0.241. The van der Waals surface area contributed by atoms with E-state index in [0.717, 1.165) is 25.7 Å². The fourth-order valence-corrected chi connectivity index (χ4v) is 6.12. The van der Waals surface area contributed by atoms with Gasteiger partial charge in [-0.3, -0.25) is 6.08 Å². The van der Waals surface area contributed by atoms with Crippen LogP contribution in [0.1, 0.15) is 81.3 Å². The van der Waals surface area contributed by atoms with Crippen LogP contribution in [0.25, 0.3) is 11.1 Å². The van der Waals surface area contributed by atoms with Gasteiger partial charge < -0.3 is 34.0 Å². The van der Waals surface area contributed by atoms with Crippen LogP contribution >= 0.6 is 0 Å². The summed E-state index contributed by atoms with van der Waals surface area (Å²) in [4.78, 5) is 0. The zero-order valence-electron chi connectivity index (χ0n) is 27.0. The van der Waals surface area contributed by atoms with E-state index >= 15 is 0 Å². The Labute approximate surface area is 303 Å². The van der Waals surface area contributed by atoms with Crippen LogP contribution in [0.4, 0.5) is 0 Å². The van der Waals surface area contributed by atoms with Crippen molar-refractivity contribution >= 4 is 3.21 Å². The van der Waals surface area contributed by atoms with E-state index in [1.807, 2.05) is 12.2 Å².